The lowest BCUT2D eigenvalue weighted by Gasteiger charge is -2.38. The van der Waals surface area contributed by atoms with E-state index in [1.165, 1.54) is 7.11 Å². The van der Waals surface area contributed by atoms with Gasteiger partial charge in [-0.15, -0.1) is 0 Å². The van der Waals surface area contributed by atoms with Crippen molar-refractivity contribution in [2.45, 2.75) is 37.5 Å². The predicted octanol–water partition coefficient (Wildman–Crippen LogP) is 3.79. The van der Waals surface area contributed by atoms with Crippen LogP contribution in [-0.4, -0.2) is 13.7 Å². The Balaban J connectivity index is 2.64. The molecule has 1 aliphatic rings. The third-order valence-corrected chi connectivity index (χ3v) is 4.34. The minimum absolute atomic E-state index is 0.0609. The summed E-state index contributed by atoms with van der Waals surface area (Å²) in [5.74, 6) is -1.30. The number of hydrogen-bond acceptors (Lipinski definition) is 2. The summed E-state index contributed by atoms with van der Waals surface area (Å²) in [5.41, 5.74) is 5.52. The van der Waals surface area contributed by atoms with Gasteiger partial charge in [0.25, 0.3) is 0 Å². The van der Waals surface area contributed by atoms with Crippen molar-refractivity contribution in [3.05, 3.63) is 28.3 Å². The highest BCUT2D eigenvalue weighted by atomic mass is 35.5. The largest absolute Gasteiger partial charge is 0.493 e. The second-order valence-corrected chi connectivity index (χ2v) is 5.51. The number of methoxy groups -OCH3 is 1. The van der Waals surface area contributed by atoms with E-state index in [2.05, 4.69) is 0 Å². The fraction of sp³-hybridized carbons (Fsp3) is 0.571. The molecule has 1 aliphatic carbocycles. The van der Waals surface area contributed by atoms with Crippen LogP contribution in [0.25, 0.3) is 0 Å². The summed E-state index contributed by atoms with van der Waals surface area (Å²) < 4.78 is 33.4. The number of nitrogens with two attached hydrogens (primary N) is 1. The molecule has 2 rings (SSSR count). The van der Waals surface area contributed by atoms with E-state index in [0.717, 1.165) is 38.2 Å². The summed E-state index contributed by atoms with van der Waals surface area (Å²) in [6, 6.07) is 0.951. The van der Waals surface area contributed by atoms with E-state index in [1.54, 1.807) is 0 Å². The molecule has 19 heavy (non-hydrogen) atoms. The topological polar surface area (TPSA) is 35.2 Å². The van der Waals surface area contributed by atoms with Gasteiger partial charge >= 0.3 is 0 Å². The molecule has 2 nitrogen and oxygen atoms in total. The highest BCUT2D eigenvalue weighted by Crippen LogP contribution is 2.46. The van der Waals surface area contributed by atoms with Gasteiger partial charge in [0, 0.05) is 17.5 Å². The molecule has 0 aromatic heterocycles. The Morgan fingerprint density at radius 3 is 2.47 bits per heavy atom. The van der Waals surface area contributed by atoms with Crippen molar-refractivity contribution in [2.24, 2.45) is 5.73 Å². The van der Waals surface area contributed by atoms with E-state index in [0.29, 0.717) is 0 Å². The average Bonchev–Trinajstić information content (AvgIpc) is 2.43. The molecule has 5 heteroatoms. The minimum atomic E-state index is -0.637. The molecule has 1 aromatic rings. The fourth-order valence-corrected chi connectivity index (χ4v) is 3.23. The first kappa shape index (κ1) is 14.5. The second kappa shape index (κ2) is 5.63. The maximum Gasteiger partial charge on any atom is 0.167 e. The van der Waals surface area contributed by atoms with Gasteiger partial charge in [-0.2, -0.15) is 0 Å². The standard InChI is InChI=1S/C14H18ClF2NO/c1-19-13-10(16)7-9(15)12(17)11(13)14(8-18)5-3-2-4-6-14/h7H,2-6,8,18H2,1H3. The smallest absolute Gasteiger partial charge is 0.167 e. The van der Waals surface area contributed by atoms with Crippen LogP contribution in [0, 0.1) is 11.6 Å². The first-order chi connectivity index (χ1) is 9.05. The van der Waals surface area contributed by atoms with Crippen LogP contribution in [0.3, 0.4) is 0 Å². The normalized spacial score (nSPS) is 18.4. The van der Waals surface area contributed by atoms with Crippen LogP contribution < -0.4 is 10.5 Å². The molecule has 1 fully saturated rings. The third kappa shape index (κ3) is 2.43. The van der Waals surface area contributed by atoms with Crippen molar-refractivity contribution in [2.75, 3.05) is 13.7 Å². The first-order valence-electron chi connectivity index (χ1n) is 6.48. The minimum Gasteiger partial charge on any atom is -0.493 e. The second-order valence-electron chi connectivity index (χ2n) is 5.11. The number of rotatable bonds is 3. The molecule has 0 saturated heterocycles. The lowest BCUT2D eigenvalue weighted by atomic mass is 9.69. The van der Waals surface area contributed by atoms with Crippen molar-refractivity contribution in [1.29, 1.82) is 0 Å². The summed E-state index contributed by atoms with van der Waals surface area (Å²) in [6.45, 7) is 0.264. The van der Waals surface area contributed by atoms with Gasteiger partial charge in [-0.3, -0.25) is 0 Å². The van der Waals surface area contributed by atoms with Gasteiger partial charge in [0.2, 0.25) is 0 Å². The predicted molar refractivity (Wildman–Crippen MR) is 71.7 cm³/mol. The molecule has 0 heterocycles. The first-order valence-corrected chi connectivity index (χ1v) is 6.85. The van der Waals surface area contributed by atoms with Crippen molar-refractivity contribution >= 4 is 11.6 Å². The number of ether oxygens (including phenoxy) is 1. The van der Waals surface area contributed by atoms with Gasteiger partial charge in [-0.05, 0) is 18.9 Å². The lowest BCUT2D eigenvalue weighted by Crippen LogP contribution is -2.38. The van der Waals surface area contributed by atoms with Gasteiger partial charge in [-0.25, -0.2) is 8.78 Å². The number of benzene rings is 1. The van der Waals surface area contributed by atoms with E-state index in [1.807, 2.05) is 0 Å². The molecule has 0 radical (unpaired) electrons. The van der Waals surface area contributed by atoms with Crippen LogP contribution in [0.15, 0.2) is 6.07 Å². The maximum atomic E-state index is 14.4. The SMILES string of the molecule is COc1c(F)cc(Cl)c(F)c1C1(CN)CCCCC1. The fourth-order valence-electron chi connectivity index (χ4n) is 3.04. The van der Waals surface area contributed by atoms with E-state index in [-0.39, 0.29) is 22.9 Å². The number of halogens is 3. The summed E-state index contributed by atoms with van der Waals surface area (Å²) in [6.07, 6.45) is 4.46. The lowest BCUT2D eigenvalue weighted by molar-refractivity contribution is 0.273. The molecule has 1 saturated carbocycles. The van der Waals surface area contributed by atoms with Gasteiger partial charge < -0.3 is 10.5 Å². The van der Waals surface area contributed by atoms with Crippen molar-refractivity contribution in [1.82, 2.24) is 0 Å². The summed E-state index contributed by atoms with van der Waals surface area (Å²) in [5, 5.41) is -0.216. The van der Waals surface area contributed by atoms with Crippen molar-refractivity contribution < 1.29 is 13.5 Å². The molecular formula is C14H18ClF2NO. The van der Waals surface area contributed by atoms with E-state index in [4.69, 9.17) is 22.1 Å². The Morgan fingerprint density at radius 1 is 1.32 bits per heavy atom. The Morgan fingerprint density at radius 2 is 1.95 bits per heavy atom. The zero-order valence-electron chi connectivity index (χ0n) is 10.9. The molecule has 0 unspecified atom stereocenters. The maximum absolute atomic E-state index is 14.4. The molecule has 1 aromatic carbocycles. The summed E-state index contributed by atoms with van der Waals surface area (Å²) >= 11 is 5.77. The molecule has 2 N–H and O–H groups in total. The Labute approximate surface area is 116 Å². The van der Waals surface area contributed by atoms with Gasteiger partial charge in [0.1, 0.15) is 5.82 Å². The Bertz CT molecular complexity index is 473. The highest BCUT2D eigenvalue weighted by molar-refractivity contribution is 6.30. The number of hydrogen-bond donors (Lipinski definition) is 1. The molecule has 0 bridgehead atoms. The summed E-state index contributed by atoms with van der Waals surface area (Å²) in [7, 11) is 1.34. The van der Waals surface area contributed by atoms with Crippen molar-refractivity contribution in [3.8, 4) is 5.75 Å². The summed E-state index contributed by atoms with van der Waals surface area (Å²) in [4.78, 5) is 0. The quantitative estimate of drug-likeness (QED) is 0.859. The monoisotopic (exact) mass is 289 g/mol. The molecule has 0 aliphatic heterocycles. The van der Waals surface area contributed by atoms with E-state index in [9.17, 15) is 8.78 Å². The Hall–Kier alpha value is -0.870. The molecule has 0 atom stereocenters. The van der Waals surface area contributed by atoms with Crippen LogP contribution in [0.2, 0.25) is 5.02 Å². The molecular weight excluding hydrogens is 272 g/mol. The van der Waals surface area contributed by atoms with Crippen LogP contribution in [0.4, 0.5) is 8.78 Å². The van der Waals surface area contributed by atoms with Crippen LogP contribution in [0.5, 0.6) is 5.75 Å². The highest BCUT2D eigenvalue weighted by Gasteiger charge is 2.39. The van der Waals surface area contributed by atoms with E-state index >= 15 is 0 Å². The van der Waals surface area contributed by atoms with Gasteiger partial charge in [-0.1, -0.05) is 30.9 Å². The zero-order chi connectivity index (χ0) is 14.0. The van der Waals surface area contributed by atoms with E-state index < -0.39 is 17.0 Å². The van der Waals surface area contributed by atoms with Gasteiger partial charge in [0.05, 0.1) is 12.1 Å². The van der Waals surface area contributed by atoms with Crippen LogP contribution >= 0.6 is 11.6 Å². The Kier molecular flexibility index (Phi) is 4.31. The van der Waals surface area contributed by atoms with Gasteiger partial charge in [0.15, 0.2) is 11.6 Å². The third-order valence-electron chi connectivity index (χ3n) is 4.06. The molecule has 106 valence electrons. The average molecular weight is 290 g/mol. The molecule has 0 spiro atoms. The van der Waals surface area contributed by atoms with Crippen molar-refractivity contribution in [3.63, 3.8) is 0 Å². The van der Waals surface area contributed by atoms with Crippen LogP contribution in [-0.2, 0) is 5.41 Å². The van der Waals surface area contributed by atoms with Crippen LogP contribution in [0.1, 0.15) is 37.7 Å². The zero-order valence-corrected chi connectivity index (χ0v) is 11.7. The molecule has 0 amide bonds.